The molecular formula is C12H19FN4O2. The largest absolute Gasteiger partial charge is 0.376 e. The molecular weight excluding hydrogens is 251 g/mol. The molecule has 1 saturated heterocycles. The summed E-state index contributed by atoms with van der Waals surface area (Å²) in [5.41, 5.74) is 0. The highest BCUT2D eigenvalue weighted by atomic mass is 19.1. The molecule has 2 atom stereocenters. The van der Waals surface area contributed by atoms with Crippen molar-refractivity contribution in [3.05, 3.63) is 12.0 Å². The van der Waals surface area contributed by atoms with Crippen molar-refractivity contribution in [1.29, 1.82) is 0 Å². The van der Waals surface area contributed by atoms with Crippen LogP contribution in [0.4, 0.5) is 16.2 Å². The third kappa shape index (κ3) is 3.30. The van der Waals surface area contributed by atoms with Crippen molar-refractivity contribution in [2.75, 3.05) is 44.1 Å². The number of ether oxygens (including phenoxy) is 2. The van der Waals surface area contributed by atoms with Gasteiger partial charge in [0.15, 0.2) is 11.6 Å². The second-order valence-corrected chi connectivity index (χ2v) is 4.54. The quantitative estimate of drug-likeness (QED) is 0.857. The molecule has 0 aliphatic carbocycles. The Morgan fingerprint density at radius 3 is 3.00 bits per heavy atom. The molecule has 106 valence electrons. The van der Waals surface area contributed by atoms with Gasteiger partial charge in [-0.1, -0.05) is 0 Å². The molecule has 1 N–H and O–H groups in total. The van der Waals surface area contributed by atoms with E-state index in [0.29, 0.717) is 25.8 Å². The van der Waals surface area contributed by atoms with Gasteiger partial charge < -0.3 is 19.7 Å². The molecule has 0 unspecified atom stereocenters. The molecule has 7 heteroatoms. The summed E-state index contributed by atoms with van der Waals surface area (Å²) < 4.78 is 24.4. The summed E-state index contributed by atoms with van der Waals surface area (Å²) >= 11 is 0. The Balaban J connectivity index is 2.08. The SMILES string of the molecule is CCO[C@H]1COC[C@@H]1Nc1ncc(F)c(N(C)C)n1. The maximum absolute atomic E-state index is 13.5. The number of hydrogen-bond donors (Lipinski definition) is 1. The van der Waals surface area contributed by atoms with Gasteiger partial charge in [0.05, 0.1) is 25.5 Å². The molecule has 6 nitrogen and oxygen atoms in total. The van der Waals surface area contributed by atoms with Gasteiger partial charge in [0.2, 0.25) is 5.95 Å². The van der Waals surface area contributed by atoms with E-state index in [1.54, 1.807) is 19.0 Å². The van der Waals surface area contributed by atoms with E-state index >= 15 is 0 Å². The number of rotatable bonds is 5. The monoisotopic (exact) mass is 270 g/mol. The first kappa shape index (κ1) is 14.0. The van der Waals surface area contributed by atoms with Gasteiger partial charge in [-0.2, -0.15) is 4.98 Å². The molecule has 0 radical (unpaired) electrons. The van der Waals surface area contributed by atoms with Crippen molar-refractivity contribution in [2.45, 2.75) is 19.1 Å². The van der Waals surface area contributed by atoms with E-state index in [2.05, 4.69) is 15.3 Å². The maximum Gasteiger partial charge on any atom is 0.225 e. The van der Waals surface area contributed by atoms with Crippen molar-refractivity contribution in [1.82, 2.24) is 9.97 Å². The first-order valence-electron chi connectivity index (χ1n) is 6.27. The number of halogens is 1. The van der Waals surface area contributed by atoms with Crippen LogP contribution >= 0.6 is 0 Å². The Morgan fingerprint density at radius 2 is 2.32 bits per heavy atom. The van der Waals surface area contributed by atoms with E-state index in [-0.39, 0.29) is 18.0 Å². The Labute approximate surface area is 111 Å². The summed E-state index contributed by atoms with van der Waals surface area (Å²) in [5, 5.41) is 3.13. The second-order valence-electron chi connectivity index (χ2n) is 4.54. The fourth-order valence-electron chi connectivity index (χ4n) is 1.95. The van der Waals surface area contributed by atoms with Crippen molar-refractivity contribution < 1.29 is 13.9 Å². The summed E-state index contributed by atoms with van der Waals surface area (Å²) in [6.07, 6.45) is 1.14. The van der Waals surface area contributed by atoms with Crippen LogP contribution < -0.4 is 10.2 Å². The molecule has 1 aliphatic heterocycles. The summed E-state index contributed by atoms with van der Waals surface area (Å²) in [6, 6.07) is -0.0135. The minimum atomic E-state index is -0.445. The van der Waals surface area contributed by atoms with Crippen molar-refractivity contribution >= 4 is 11.8 Å². The van der Waals surface area contributed by atoms with Crippen LogP contribution in [0.15, 0.2) is 6.20 Å². The highest BCUT2D eigenvalue weighted by Gasteiger charge is 2.29. The van der Waals surface area contributed by atoms with Crippen LogP contribution in [0.3, 0.4) is 0 Å². The minimum Gasteiger partial charge on any atom is -0.376 e. The maximum atomic E-state index is 13.5. The van der Waals surface area contributed by atoms with Crippen LogP contribution in [0.2, 0.25) is 0 Å². The molecule has 1 fully saturated rings. The van der Waals surface area contributed by atoms with E-state index in [9.17, 15) is 4.39 Å². The molecule has 1 aromatic heterocycles. The number of nitrogens with one attached hydrogen (secondary N) is 1. The normalized spacial score (nSPS) is 22.5. The first-order valence-corrected chi connectivity index (χ1v) is 6.27. The van der Waals surface area contributed by atoms with Gasteiger partial charge in [0, 0.05) is 20.7 Å². The number of aromatic nitrogens is 2. The molecule has 1 aromatic rings. The minimum absolute atomic E-state index is 0.0135. The Morgan fingerprint density at radius 1 is 1.53 bits per heavy atom. The molecule has 0 aromatic carbocycles. The van der Waals surface area contributed by atoms with Crippen LogP contribution in [0, 0.1) is 5.82 Å². The lowest BCUT2D eigenvalue weighted by atomic mass is 10.2. The van der Waals surface area contributed by atoms with Crippen LogP contribution in [0.5, 0.6) is 0 Å². The van der Waals surface area contributed by atoms with E-state index in [1.807, 2.05) is 6.92 Å². The lowest BCUT2D eigenvalue weighted by molar-refractivity contribution is 0.0477. The van der Waals surface area contributed by atoms with Crippen LogP contribution in [0.1, 0.15) is 6.92 Å². The van der Waals surface area contributed by atoms with Gasteiger partial charge >= 0.3 is 0 Å². The van der Waals surface area contributed by atoms with Gasteiger partial charge in [-0.3, -0.25) is 0 Å². The van der Waals surface area contributed by atoms with Gasteiger partial charge in [-0.15, -0.1) is 0 Å². The van der Waals surface area contributed by atoms with Gasteiger partial charge in [0.25, 0.3) is 0 Å². The van der Waals surface area contributed by atoms with E-state index in [0.717, 1.165) is 6.20 Å². The van der Waals surface area contributed by atoms with Gasteiger partial charge in [0.1, 0.15) is 6.10 Å². The van der Waals surface area contributed by atoms with Crippen LogP contribution in [-0.4, -0.2) is 56.0 Å². The van der Waals surface area contributed by atoms with Crippen molar-refractivity contribution in [2.24, 2.45) is 0 Å². The van der Waals surface area contributed by atoms with Crippen molar-refractivity contribution in [3.63, 3.8) is 0 Å². The molecule has 0 saturated carbocycles. The number of nitrogens with zero attached hydrogens (tertiary/aromatic N) is 3. The van der Waals surface area contributed by atoms with Crippen LogP contribution in [0.25, 0.3) is 0 Å². The third-order valence-electron chi connectivity index (χ3n) is 2.87. The number of hydrogen-bond acceptors (Lipinski definition) is 6. The molecule has 2 rings (SSSR count). The lowest BCUT2D eigenvalue weighted by Gasteiger charge is -2.20. The first-order chi connectivity index (χ1) is 9.11. The number of anilines is 2. The zero-order valence-corrected chi connectivity index (χ0v) is 11.4. The topological polar surface area (TPSA) is 59.5 Å². The zero-order valence-electron chi connectivity index (χ0n) is 11.4. The Kier molecular flexibility index (Phi) is 4.49. The highest BCUT2D eigenvalue weighted by molar-refractivity contribution is 5.42. The summed E-state index contributed by atoms with van der Waals surface area (Å²) in [4.78, 5) is 9.70. The Bertz CT molecular complexity index is 430. The van der Waals surface area contributed by atoms with Gasteiger partial charge in [-0.25, -0.2) is 9.37 Å². The molecule has 1 aliphatic rings. The smallest absolute Gasteiger partial charge is 0.225 e. The molecule has 0 spiro atoms. The predicted octanol–water partition coefficient (Wildman–Crippen LogP) is 0.897. The average molecular weight is 270 g/mol. The molecule has 2 heterocycles. The average Bonchev–Trinajstić information content (AvgIpc) is 2.79. The second kappa shape index (κ2) is 6.12. The third-order valence-corrected chi connectivity index (χ3v) is 2.87. The molecule has 0 amide bonds. The summed E-state index contributed by atoms with van der Waals surface area (Å²) in [7, 11) is 3.47. The summed E-state index contributed by atoms with van der Waals surface area (Å²) in [5.74, 6) is 0.189. The molecule has 0 bridgehead atoms. The van der Waals surface area contributed by atoms with Crippen molar-refractivity contribution in [3.8, 4) is 0 Å². The van der Waals surface area contributed by atoms with E-state index in [4.69, 9.17) is 9.47 Å². The molecule has 19 heavy (non-hydrogen) atoms. The predicted molar refractivity (Wildman–Crippen MR) is 70.0 cm³/mol. The van der Waals surface area contributed by atoms with E-state index in [1.165, 1.54) is 0 Å². The Hall–Kier alpha value is -1.47. The fraction of sp³-hybridized carbons (Fsp3) is 0.667. The van der Waals surface area contributed by atoms with Gasteiger partial charge in [-0.05, 0) is 6.92 Å². The lowest BCUT2D eigenvalue weighted by Crippen LogP contribution is -2.35. The van der Waals surface area contributed by atoms with Crippen LogP contribution in [-0.2, 0) is 9.47 Å². The summed E-state index contributed by atoms with van der Waals surface area (Å²) in [6.45, 7) is 3.64. The highest BCUT2D eigenvalue weighted by Crippen LogP contribution is 2.18. The zero-order chi connectivity index (χ0) is 13.8. The fourth-order valence-corrected chi connectivity index (χ4v) is 1.95. The van der Waals surface area contributed by atoms with E-state index < -0.39 is 5.82 Å². The standard InChI is InChI=1S/C12H19FN4O2/c1-4-19-10-7-18-6-9(10)15-12-14-5-8(13)11(16-12)17(2)3/h5,9-10H,4,6-7H2,1-3H3,(H,14,15,16)/t9-,10-/m0/s1.